The highest BCUT2D eigenvalue weighted by Crippen LogP contribution is 2.24. The van der Waals surface area contributed by atoms with Crippen LogP contribution in [0.3, 0.4) is 0 Å². The zero-order valence-corrected chi connectivity index (χ0v) is 10.4. The number of aryl methyl sites for hydroxylation is 1. The second-order valence-corrected chi connectivity index (χ2v) is 4.88. The number of benzene rings is 1. The number of hydrogen-bond donors (Lipinski definition) is 2. The average molecular weight is 230 g/mol. The maximum atomic E-state index is 5.95. The minimum atomic E-state index is 0.709. The first-order valence-electron chi connectivity index (χ1n) is 6.49. The Morgan fingerprint density at radius 2 is 2.00 bits per heavy atom. The molecule has 0 spiro atoms. The minimum Gasteiger partial charge on any atom is -0.399 e. The molecule has 2 heteroatoms. The van der Waals surface area contributed by atoms with Crippen molar-refractivity contribution in [1.82, 2.24) is 5.32 Å². The summed E-state index contributed by atoms with van der Waals surface area (Å²) in [7, 11) is 0. The Bertz CT molecular complexity index is 378. The predicted octanol–water partition coefficient (Wildman–Crippen LogP) is 2.76. The third-order valence-corrected chi connectivity index (χ3v) is 3.69. The Kier molecular flexibility index (Phi) is 4.21. The Hall–Kier alpha value is -1.28. The van der Waals surface area contributed by atoms with E-state index in [1.165, 1.54) is 24.0 Å². The van der Waals surface area contributed by atoms with Crippen LogP contribution in [0, 0.1) is 5.92 Å². The average Bonchev–Trinajstić information content (AvgIpc) is 2.38. The highest BCUT2D eigenvalue weighted by molar-refractivity contribution is 5.46. The zero-order valence-electron chi connectivity index (χ0n) is 10.4. The number of nitrogen functional groups attached to an aromatic ring is 1. The molecule has 2 nitrogen and oxygen atoms in total. The van der Waals surface area contributed by atoms with Crippen LogP contribution in [0.15, 0.2) is 36.4 Å². The van der Waals surface area contributed by atoms with Gasteiger partial charge >= 0.3 is 0 Å². The third-order valence-electron chi connectivity index (χ3n) is 3.69. The molecule has 3 N–H and O–H groups in total. The van der Waals surface area contributed by atoms with Crippen LogP contribution in [0.4, 0.5) is 5.69 Å². The fourth-order valence-electron chi connectivity index (χ4n) is 2.49. The smallest absolute Gasteiger partial charge is 0.0346 e. The van der Waals surface area contributed by atoms with Gasteiger partial charge in [0.05, 0.1) is 0 Å². The van der Waals surface area contributed by atoms with Crippen LogP contribution < -0.4 is 11.1 Å². The summed E-state index contributed by atoms with van der Waals surface area (Å²) >= 11 is 0. The molecule has 1 heterocycles. The zero-order chi connectivity index (χ0) is 12.1. The van der Waals surface area contributed by atoms with E-state index in [0.29, 0.717) is 5.92 Å². The molecule has 92 valence electrons. The lowest BCUT2D eigenvalue weighted by Crippen LogP contribution is -2.28. The van der Waals surface area contributed by atoms with Crippen LogP contribution in [-0.2, 0) is 6.42 Å². The van der Waals surface area contributed by atoms with Gasteiger partial charge in [-0.3, -0.25) is 0 Å². The van der Waals surface area contributed by atoms with Crippen LogP contribution in [-0.4, -0.2) is 13.1 Å². The molecular weight excluding hydrogens is 208 g/mol. The van der Waals surface area contributed by atoms with Gasteiger partial charge in [0, 0.05) is 5.69 Å². The van der Waals surface area contributed by atoms with Crippen molar-refractivity contribution < 1.29 is 0 Å². The molecule has 0 bridgehead atoms. The minimum absolute atomic E-state index is 0.709. The topological polar surface area (TPSA) is 38.0 Å². The predicted molar refractivity (Wildman–Crippen MR) is 73.9 cm³/mol. The van der Waals surface area contributed by atoms with Gasteiger partial charge in [-0.15, -0.1) is 0 Å². The molecule has 0 aromatic heterocycles. The van der Waals surface area contributed by atoms with Crippen LogP contribution >= 0.6 is 0 Å². The molecule has 17 heavy (non-hydrogen) atoms. The van der Waals surface area contributed by atoms with Crippen LogP contribution in [0.2, 0.25) is 0 Å². The lowest BCUT2D eigenvalue weighted by molar-refractivity contribution is 0.412. The molecule has 0 saturated carbocycles. The number of anilines is 1. The summed E-state index contributed by atoms with van der Waals surface area (Å²) in [6.45, 7) is 6.53. The molecule has 1 fully saturated rings. The van der Waals surface area contributed by atoms with E-state index in [4.69, 9.17) is 5.73 Å². The van der Waals surface area contributed by atoms with E-state index < -0.39 is 0 Å². The van der Waals surface area contributed by atoms with Crippen molar-refractivity contribution in [3.63, 3.8) is 0 Å². The quantitative estimate of drug-likeness (QED) is 0.616. The lowest BCUT2D eigenvalue weighted by atomic mass is 9.87. The fourth-order valence-corrected chi connectivity index (χ4v) is 2.49. The molecule has 1 aliphatic rings. The monoisotopic (exact) mass is 230 g/mol. The second-order valence-electron chi connectivity index (χ2n) is 4.88. The summed E-state index contributed by atoms with van der Waals surface area (Å²) in [5.74, 6) is 0.709. The molecule has 1 aliphatic heterocycles. The number of nitrogens with two attached hydrogens (primary N) is 1. The normalized spacial score (nSPS) is 16.9. The van der Waals surface area contributed by atoms with Crippen molar-refractivity contribution in [2.24, 2.45) is 5.92 Å². The van der Waals surface area contributed by atoms with E-state index >= 15 is 0 Å². The highest BCUT2D eigenvalue weighted by atomic mass is 14.9. The van der Waals surface area contributed by atoms with Gasteiger partial charge in [0.1, 0.15) is 0 Å². The van der Waals surface area contributed by atoms with E-state index in [-0.39, 0.29) is 0 Å². The van der Waals surface area contributed by atoms with E-state index in [0.717, 1.165) is 31.6 Å². The molecule has 1 aromatic carbocycles. The number of piperidine rings is 1. The summed E-state index contributed by atoms with van der Waals surface area (Å²) in [6, 6.07) is 8.13. The van der Waals surface area contributed by atoms with Gasteiger partial charge in [0.15, 0.2) is 0 Å². The van der Waals surface area contributed by atoms with Crippen molar-refractivity contribution in [3.05, 3.63) is 42.0 Å². The summed E-state index contributed by atoms with van der Waals surface area (Å²) in [6.07, 6.45) is 4.57. The van der Waals surface area contributed by atoms with Crippen molar-refractivity contribution in [2.45, 2.75) is 25.7 Å². The van der Waals surface area contributed by atoms with E-state index in [1.54, 1.807) is 0 Å². The Morgan fingerprint density at radius 3 is 2.71 bits per heavy atom. The second kappa shape index (κ2) is 5.87. The van der Waals surface area contributed by atoms with Gasteiger partial charge in [0.2, 0.25) is 0 Å². The molecule has 1 aromatic rings. The largest absolute Gasteiger partial charge is 0.399 e. The third kappa shape index (κ3) is 3.34. The van der Waals surface area contributed by atoms with Gasteiger partial charge in [-0.25, -0.2) is 0 Å². The molecular formula is C15H22N2. The van der Waals surface area contributed by atoms with Gasteiger partial charge < -0.3 is 11.1 Å². The summed E-state index contributed by atoms with van der Waals surface area (Å²) < 4.78 is 0. The van der Waals surface area contributed by atoms with Crippen molar-refractivity contribution in [2.75, 3.05) is 18.8 Å². The van der Waals surface area contributed by atoms with Gasteiger partial charge in [-0.2, -0.15) is 0 Å². The van der Waals surface area contributed by atoms with Crippen LogP contribution in [0.25, 0.3) is 0 Å². The summed E-state index contributed by atoms with van der Waals surface area (Å²) in [5.41, 5.74) is 9.50. The van der Waals surface area contributed by atoms with E-state index in [1.807, 2.05) is 12.1 Å². The van der Waals surface area contributed by atoms with Crippen molar-refractivity contribution >= 4 is 5.69 Å². The highest BCUT2D eigenvalue weighted by Gasteiger charge is 2.15. The number of rotatable bonds is 4. The van der Waals surface area contributed by atoms with E-state index in [2.05, 4.69) is 24.0 Å². The molecule has 1 saturated heterocycles. The molecule has 0 atom stereocenters. The summed E-state index contributed by atoms with van der Waals surface area (Å²) in [5, 5.41) is 3.39. The molecule has 0 unspecified atom stereocenters. The maximum absolute atomic E-state index is 5.95. The van der Waals surface area contributed by atoms with Crippen LogP contribution in [0.5, 0.6) is 0 Å². The SMILES string of the molecule is C=C(CCc1ccccc1N)C1CCNCC1. The van der Waals surface area contributed by atoms with Gasteiger partial charge in [-0.1, -0.05) is 30.4 Å². The number of para-hydroxylation sites is 1. The first-order chi connectivity index (χ1) is 8.27. The molecule has 0 amide bonds. The Labute approximate surface area is 104 Å². The van der Waals surface area contributed by atoms with Crippen LogP contribution in [0.1, 0.15) is 24.8 Å². The van der Waals surface area contributed by atoms with Gasteiger partial charge in [0.25, 0.3) is 0 Å². The molecule has 2 rings (SSSR count). The van der Waals surface area contributed by atoms with Crippen molar-refractivity contribution in [3.8, 4) is 0 Å². The van der Waals surface area contributed by atoms with Crippen molar-refractivity contribution in [1.29, 1.82) is 0 Å². The Balaban J connectivity index is 1.85. The fraction of sp³-hybridized carbons (Fsp3) is 0.467. The first-order valence-corrected chi connectivity index (χ1v) is 6.49. The Morgan fingerprint density at radius 1 is 1.29 bits per heavy atom. The van der Waals surface area contributed by atoms with Gasteiger partial charge in [-0.05, 0) is 56.3 Å². The summed E-state index contributed by atoms with van der Waals surface area (Å²) in [4.78, 5) is 0. The molecule has 0 radical (unpaired) electrons. The van der Waals surface area contributed by atoms with E-state index in [9.17, 15) is 0 Å². The number of allylic oxidation sites excluding steroid dienone is 1. The lowest BCUT2D eigenvalue weighted by Gasteiger charge is -2.24. The standard InChI is InChI=1S/C15H22N2/c1-12(13-8-10-17-11-9-13)6-7-14-4-2-3-5-15(14)16/h2-5,13,17H,1,6-11,16H2. The molecule has 0 aliphatic carbocycles. The maximum Gasteiger partial charge on any atom is 0.0346 e. The first kappa shape index (κ1) is 12.2. The number of hydrogen-bond acceptors (Lipinski definition) is 2. The number of nitrogens with one attached hydrogen (secondary N) is 1.